The fourth-order valence-electron chi connectivity index (χ4n) is 3.59. The Balaban J connectivity index is 1.77. The summed E-state index contributed by atoms with van der Waals surface area (Å²) in [4.78, 5) is 4.72. The van der Waals surface area contributed by atoms with Gasteiger partial charge in [-0.05, 0) is 37.3 Å². The lowest BCUT2D eigenvalue weighted by Crippen LogP contribution is -2.31. The first kappa shape index (κ1) is 14.5. The van der Waals surface area contributed by atoms with E-state index in [0.717, 1.165) is 42.8 Å². The fraction of sp³-hybridized carbons (Fsp3) is 0.526. The van der Waals surface area contributed by atoms with Crippen LogP contribution in [0.25, 0.3) is 10.9 Å². The predicted octanol–water partition coefficient (Wildman–Crippen LogP) is 4.50. The molecule has 1 aliphatic carbocycles. The van der Waals surface area contributed by atoms with Crippen molar-refractivity contribution in [1.29, 1.82) is 0 Å². The average molecular weight is 283 g/mol. The van der Waals surface area contributed by atoms with Crippen LogP contribution in [-0.2, 0) is 6.42 Å². The summed E-state index contributed by atoms with van der Waals surface area (Å²) in [5.41, 5.74) is 1.49. The Hall–Kier alpha value is -1.41. The summed E-state index contributed by atoms with van der Waals surface area (Å²) < 4.78 is 0. The summed E-state index contributed by atoms with van der Waals surface area (Å²) in [6.45, 7) is 2.26. The second-order valence-electron chi connectivity index (χ2n) is 6.60. The lowest BCUT2D eigenvalue weighted by atomic mass is 9.88. The molecule has 3 rings (SSSR count). The molecule has 1 fully saturated rings. The maximum Gasteiger partial charge on any atom is 0.0705 e. The first-order valence-electron chi connectivity index (χ1n) is 8.25. The third kappa shape index (κ3) is 3.44. The van der Waals surface area contributed by atoms with Gasteiger partial charge >= 0.3 is 0 Å². The Morgan fingerprint density at radius 1 is 1.14 bits per heavy atom. The van der Waals surface area contributed by atoms with E-state index in [2.05, 4.69) is 25.1 Å². The zero-order valence-electron chi connectivity index (χ0n) is 12.9. The van der Waals surface area contributed by atoms with Gasteiger partial charge in [-0.15, -0.1) is 0 Å². The van der Waals surface area contributed by atoms with Gasteiger partial charge in [-0.3, -0.25) is 4.98 Å². The minimum atomic E-state index is -0.556. The second-order valence-corrected chi connectivity index (χ2v) is 6.60. The monoisotopic (exact) mass is 283 g/mol. The number of benzene rings is 1. The molecule has 112 valence electrons. The minimum Gasteiger partial charge on any atom is -0.389 e. The molecule has 0 spiro atoms. The molecule has 1 saturated carbocycles. The highest BCUT2D eigenvalue weighted by Crippen LogP contribution is 2.34. The summed E-state index contributed by atoms with van der Waals surface area (Å²) in [5, 5.41) is 12.1. The molecule has 0 aliphatic heterocycles. The smallest absolute Gasteiger partial charge is 0.0705 e. The summed E-state index contributed by atoms with van der Waals surface area (Å²) >= 11 is 0. The van der Waals surface area contributed by atoms with Gasteiger partial charge in [0.05, 0.1) is 11.1 Å². The quantitative estimate of drug-likeness (QED) is 0.841. The number of aliphatic hydroxyl groups is 1. The molecular formula is C19H25NO. The van der Waals surface area contributed by atoms with E-state index in [9.17, 15) is 5.11 Å². The molecule has 2 heteroatoms. The van der Waals surface area contributed by atoms with Crippen LogP contribution in [0.4, 0.5) is 0 Å². The summed E-state index contributed by atoms with van der Waals surface area (Å²) in [7, 11) is 0. The largest absolute Gasteiger partial charge is 0.389 e. The number of pyridine rings is 1. The Labute approximate surface area is 127 Å². The molecule has 2 aromatic rings. The molecule has 1 aromatic heterocycles. The molecule has 2 atom stereocenters. The molecule has 0 amide bonds. The van der Waals surface area contributed by atoms with E-state index >= 15 is 0 Å². The van der Waals surface area contributed by atoms with Crippen LogP contribution in [0.15, 0.2) is 36.4 Å². The van der Waals surface area contributed by atoms with Crippen LogP contribution in [0.1, 0.15) is 51.1 Å². The molecule has 1 aromatic carbocycles. The number of para-hydroxylation sites is 1. The Morgan fingerprint density at radius 2 is 2.00 bits per heavy atom. The highest BCUT2D eigenvalue weighted by molar-refractivity contribution is 5.78. The lowest BCUT2D eigenvalue weighted by Gasteiger charge is -2.26. The van der Waals surface area contributed by atoms with Crippen LogP contribution in [0.2, 0.25) is 0 Å². The molecule has 0 bridgehead atoms. The fourth-order valence-corrected chi connectivity index (χ4v) is 3.59. The topological polar surface area (TPSA) is 33.1 Å². The highest BCUT2D eigenvalue weighted by Gasteiger charge is 2.31. The van der Waals surface area contributed by atoms with Gasteiger partial charge in [-0.1, -0.05) is 50.5 Å². The number of hydrogen-bond acceptors (Lipinski definition) is 2. The van der Waals surface area contributed by atoms with Gasteiger partial charge in [0, 0.05) is 17.5 Å². The second kappa shape index (κ2) is 6.15. The van der Waals surface area contributed by atoms with Crippen molar-refractivity contribution in [3.05, 3.63) is 42.1 Å². The molecule has 0 saturated heterocycles. The van der Waals surface area contributed by atoms with Crippen molar-refractivity contribution < 1.29 is 5.11 Å². The van der Waals surface area contributed by atoms with Gasteiger partial charge in [0.2, 0.25) is 0 Å². The maximum atomic E-state index is 11.0. The normalized spacial score (nSPS) is 26.7. The van der Waals surface area contributed by atoms with E-state index in [0.29, 0.717) is 6.42 Å². The summed E-state index contributed by atoms with van der Waals surface area (Å²) in [6, 6.07) is 12.4. The van der Waals surface area contributed by atoms with E-state index in [1.165, 1.54) is 18.2 Å². The van der Waals surface area contributed by atoms with Crippen LogP contribution in [-0.4, -0.2) is 15.7 Å². The van der Waals surface area contributed by atoms with Crippen molar-refractivity contribution in [2.75, 3.05) is 0 Å². The zero-order chi connectivity index (χ0) is 14.7. The van der Waals surface area contributed by atoms with Crippen molar-refractivity contribution in [3.63, 3.8) is 0 Å². The number of hydrogen-bond donors (Lipinski definition) is 1. The van der Waals surface area contributed by atoms with Crippen molar-refractivity contribution in [1.82, 2.24) is 4.98 Å². The predicted molar refractivity (Wildman–Crippen MR) is 87.3 cm³/mol. The van der Waals surface area contributed by atoms with Crippen LogP contribution in [0.5, 0.6) is 0 Å². The molecule has 2 unspecified atom stereocenters. The molecule has 2 nitrogen and oxygen atoms in total. The molecule has 1 N–H and O–H groups in total. The van der Waals surface area contributed by atoms with Crippen LogP contribution >= 0.6 is 0 Å². The van der Waals surface area contributed by atoms with E-state index in [1.807, 2.05) is 18.2 Å². The summed E-state index contributed by atoms with van der Waals surface area (Å²) in [6.07, 6.45) is 7.32. The van der Waals surface area contributed by atoms with E-state index in [4.69, 9.17) is 4.98 Å². The standard InChI is InChI=1S/C19H25NO/c1-2-15-6-5-12-19(21,13-11-15)14-17-10-9-16-7-3-4-8-18(16)20-17/h3-4,7-10,15,21H,2,5-6,11-14H2,1H3. The molecule has 0 radical (unpaired) electrons. The highest BCUT2D eigenvalue weighted by atomic mass is 16.3. The third-order valence-corrected chi connectivity index (χ3v) is 5.02. The SMILES string of the molecule is CCC1CCCC(O)(Cc2ccc3ccccc3n2)CC1. The molecule has 21 heavy (non-hydrogen) atoms. The van der Waals surface area contributed by atoms with Gasteiger partial charge < -0.3 is 5.11 Å². The van der Waals surface area contributed by atoms with Crippen LogP contribution in [0.3, 0.4) is 0 Å². The Morgan fingerprint density at radius 3 is 2.86 bits per heavy atom. The van der Waals surface area contributed by atoms with Crippen molar-refractivity contribution in [2.45, 2.75) is 57.5 Å². The van der Waals surface area contributed by atoms with Gasteiger partial charge in [-0.2, -0.15) is 0 Å². The number of fused-ring (bicyclic) bond motifs is 1. The Bertz CT molecular complexity index is 609. The molecule has 1 heterocycles. The van der Waals surface area contributed by atoms with Gasteiger partial charge in [0.25, 0.3) is 0 Å². The van der Waals surface area contributed by atoms with Crippen molar-refractivity contribution in [3.8, 4) is 0 Å². The first-order chi connectivity index (χ1) is 10.2. The van der Waals surface area contributed by atoms with E-state index in [1.54, 1.807) is 0 Å². The maximum absolute atomic E-state index is 11.0. The van der Waals surface area contributed by atoms with Gasteiger partial charge in [-0.25, -0.2) is 0 Å². The number of nitrogens with zero attached hydrogens (tertiary/aromatic N) is 1. The molecular weight excluding hydrogens is 258 g/mol. The van der Waals surface area contributed by atoms with Gasteiger partial charge in [0.1, 0.15) is 0 Å². The van der Waals surface area contributed by atoms with Crippen molar-refractivity contribution in [2.24, 2.45) is 5.92 Å². The minimum absolute atomic E-state index is 0.556. The van der Waals surface area contributed by atoms with Crippen LogP contribution in [0, 0.1) is 5.92 Å². The molecule has 1 aliphatic rings. The zero-order valence-corrected chi connectivity index (χ0v) is 12.9. The van der Waals surface area contributed by atoms with Gasteiger partial charge in [0.15, 0.2) is 0 Å². The van der Waals surface area contributed by atoms with E-state index in [-0.39, 0.29) is 0 Å². The Kier molecular flexibility index (Phi) is 4.25. The first-order valence-corrected chi connectivity index (χ1v) is 8.25. The third-order valence-electron chi connectivity index (χ3n) is 5.02. The average Bonchev–Trinajstić information content (AvgIpc) is 2.69. The number of rotatable bonds is 3. The van der Waals surface area contributed by atoms with E-state index < -0.39 is 5.60 Å². The van der Waals surface area contributed by atoms with Crippen molar-refractivity contribution >= 4 is 10.9 Å². The summed E-state index contributed by atoms with van der Waals surface area (Å²) in [5.74, 6) is 0.795. The van der Waals surface area contributed by atoms with Crippen LogP contribution < -0.4 is 0 Å². The lowest BCUT2D eigenvalue weighted by molar-refractivity contribution is 0.0233. The number of aromatic nitrogens is 1.